The van der Waals surface area contributed by atoms with Crippen LogP contribution in [0.15, 0.2) is 47.1 Å². The van der Waals surface area contributed by atoms with Gasteiger partial charge < -0.3 is 14.6 Å². The van der Waals surface area contributed by atoms with Crippen molar-refractivity contribution in [2.24, 2.45) is 0 Å². The lowest BCUT2D eigenvalue weighted by molar-refractivity contribution is 0.0505. The van der Waals surface area contributed by atoms with Gasteiger partial charge in [-0.2, -0.15) is 0 Å². The topological polar surface area (TPSA) is 45.5 Å². The summed E-state index contributed by atoms with van der Waals surface area (Å²) in [6, 6.07) is 11.3. The van der Waals surface area contributed by atoms with E-state index >= 15 is 0 Å². The van der Waals surface area contributed by atoms with Crippen molar-refractivity contribution in [1.82, 2.24) is 4.90 Å². The van der Waals surface area contributed by atoms with E-state index in [0.29, 0.717) is 12.1 Å². The summed E-state index contributed by atoms with van der Waals surface area (Å²) < 4.78 is 5.52. The fraction of sp³-hybridized carbons (Fsp3) is 0.267. The summed E-state index contributed by atoms with van der Waals surface area (Å²) in [7, 11) is 0. The van der Waals surface area contributed by atoms with Crippen molar-refractivity contribution in [3.63, 3.8) is 0 Å². The Hall–Kier alpha value is -2.23. The molecule has 1 aromatic carbocycles. The van der Waals surface area contributed by atoms with E-state index in [2.05, 4.69) is 5.32 Å². The molecule has 0 aliphatic carbocycles. The van der Waals surface area contributed by atoms with E-state index in [4.69, 9.17) is 4.42 Å². The largest absolute Gasteiger partial charge is 0.465 e. The molecule has 4 nitrogen and oxygen atoms in total. The first-order valence-corrected chi connectivity index (χ1v) is 6.40. The van der Waals surface area contributed by atoms with Crippen LogP contribution in [0, 0.1) is 0 Å². The van der Waals surface area contributed by atoms with Crippen molar-refractivity contribution in [2.75, 3.05) is 11.9 Å². The average Bonchev–Trinajstić information content (AvgIpc) is 2.94. The molecule has 98 valence electrons. The van der Waals surface area contributed by atoms with Crippen LogP contribution in [-0.4, -0.2) is 17.4 Å². The second-order valence-electron chi connectivity index (χ2n) is 4.77. The summed E-state index contributed by atoms with van der Waals surface area (Å²) in [5.41, 5.74) is 0.897. The van der Waals surface area contributed by atoms with Crippen molar-refractivity contribution >= 4 is 11.6 Å². The zero-order valence-corrected chi connectivity index (χ0v) is 11.0. The standard InChI is InChI=1S/C15H16N2O2/c1-3-17-14(18)11-7-4-5-8-12(11)16-15(17,2)13-9-6-10-19-13/h4-10,16H,3H2,1-2H3. The summed E-state index contributed by atoms with van der Waals surface area (Å²) in [5, 5.41) is 3.42. The van der Waals surface area contributed by atoms with Crippen LogP contribution < -0.4 is 5.32 Å². The molecule has 0 saturated heterocycles. The molecular formula is C15H16N2O2. The molecule has 1 aromatic heterocycles. The number of rotatable bonds is 2. The highest BCUT2D eigenvalue weighted by molar-refractivity contribution is 6.02. The number of hydrogen-bond acceptors (Lipinski definition) is 3. The first kappa shape index (κ1) is 11.8. The van der Waals surface area contributed by atoms with Crippen LogP contribution in [0.4, 0.5) is 5.69 Å². The molecular weight excluding hydrogens is 240 g/mol. The summed E-state index contributed by atoms with van der Waals surface area (Å²) in [6.07, 6.45) is 1.63. The Morgan fingerprint density at radius 1 is 1.26 bits per heavy atom. The predicted molar refractivity (Wildman–Crippen MR) is 72.8 cm³/mol. The van der Waals surface area contributed by atoms with Crippen molar-refractivity contribution in [3.05, 3.63) is 54.0 Å². The van der Waals surface area contributed by atoms with Crippen LogP contribution in [0.25, 0.3) is 0 Å². The molecule has 3 rings (SSSR count). The van der Waals surface area contributed by atoms with Crippen molar-refractivity contribution in [1.29, 1.82) is 0 Å². The van der Waals surface area contributed by atoms with E-state index in [-0.39, 0.29) is 5.91 Å². The normalized spacial score (nSPS) is 22.0. The van der Waals surface area contributed by atoms with E-state index in [9.17, 15) is 4.79 Å². The summed E-state index contributed by atoms with van der Waals surface area (Å²) in [6.45, 7) is 4.54. The van der Waals surface area contributed by atoms with E-state index in [1.54, 1.807) is 11.2 Å². The van der Waals surface area contributed by atoms with E-state index in [1.807, 2.05) is 50.2 Å². The smallest absolute Gasteiger partial charge is 0.258 e. The van der Waals surface area contributed by atoms with Gasteiger partial charge in [0.25, 0.3) is 5.91 Å². The number of para-hydroxylation sites is 1. The van der Waals surface area contributed by atoms with Gasteiger partial charge in [-0.05, 0) is 38.1 Å². The highest BCUT2D eigenvalue weighted by atomic mass is 16.3. The van der Waals surface area contributed by atoms with Gasteiger partial charge in [0.05, 0.1) is 11.8 Å². The van der Waals surface area contributed by atoms with Gasteiger partial charge in [-0.15, -0.1) is 0 Å². The van der Waals surface area contributed by atoms with Crippen LogP contribution in [0.5, 0.6) is 0 Å². The zero-order valence-electron chi connectivity index (χ0n) is 11.0. The molecule has 1 aliphatic rings. The molecule has 0 fully saturated rings. The van der Waals surface area contributed by atoms with Crippen LogP contribution in [0.1, 0.15) is 30.0 Å². The highest BCUT2D eigenvalue weighted by Crippen LogP contribution is 2.37. The molecule has 1 atom stereocenters. The molecule has 1 N–H and O–H groups in total. The Kier molecular flexibility index (Phi) is 2.59. The molecule has 2 aromatic rings. The number of nitrogens with zero attached hydrogens (tertiary/aromatic N) is 1. The second kappa shape index (κ2) is 4.16. The first-order chi connectivity index (χ1) is 9.16. The number of hydrogen-bond donors (Lipinski definition) is 1. The predicted octanol–water partition coefficient (Wildman–Crippen LogP) is 3.04. The second-order valence-corrected chi connectivity index (χ2v) is 4.77. The van der Waals surface area contributed by atoms with E-state index < -0.39 is 5.66 Å². The number of amides is 1. The Morgan fingerprint density at radius 3 is 2.74 bits per heavy atom. The maximum absolute atomic E-state index is 12.6. The fourth-order valence-electron chi connectivity index (χ4n) is 2.67. The number of carbonyl (C=O) groups excluding carboxylic acids is 1. The quantitative estimate of drug-likeness (QED) is 0.898. The Bertz CT molecular complexity index is 606. The monoisotopic (exact) mass is 256 g/mol. The molecule has 1 aliphatic heterocycles. The van der Waals surface area contributed by atoms with Crippen molar-refractivity contribution < 1.29 is 9.21 Å². The molecule has 0 radical (unpaired) electrons. The Balaban J connectivity index is 2.15. The molecule has 0 spiro atoms. The fourth-order valence-corrected chi connectivity index (χ4v) is 2.67. The highest BCUT2D eigenvalue weighted by Gasteiger charge is 2.43. The lowest BCUT2D eigenvalue weighted by Crippen LogP contribution is -2.55. The molecule has 2 heterocycles. The van der Waals surface area contributed by atoms with Gasteiger partial charge in [-0.3, -0.25) is 4.79 Å². The number of carbonyl (C=O) groups is 1. The summed E-state index contributed by atoms with van der Waals surface area (Å²) in [4.78, 5) is 14.4. The molecule has 4 heteroatoms. The van der Waals surface area contributed by atoms with Crippen LogP contribution >= 0.6 is 0 Å². The Morgan fingerprint density at radius 2 is 2.05 bits per heavy atom. The van der Waals surface area contributed by atoms with Crippen LogP contribution in [-0.2, 0) is 5.66 Å². The van der Waals surface area contributed by atoms with E-state index in [1.165, 1.54) is 0 Å². The van der Waals surface area contributed by atoms with Gasteiger partial charge >= 0.3 is 0 Å². The first-order valence-electron chi connectivity index (χ1n) is 6.40. The van der Waals surface area contributed by atoms with Crippen LogP contribution in [0.3, 0.4) is 0 Å². The molecule has 0 bridgehead atoms. The average molecular weight is 256 g/mol. The van der Waals surface area contributed by atoms with Gasteiger partial charge in [0.15, 0.2) is 5.66 Å². The minimum absolute atomic E-state index is 0.0238. The van der Waals surface area contributed by atoms with Gasteiger partial charge in [0.1, 0.15) is 5.76 Å². The molecule has 0 saturated carbocycles. The Labute approximate surface area is 112 Å². The van der Waals surface area contributed by atoms with Gasteiger partial charge in [0, 0.05) is 12.2 Å². The maximum atomic E-state index is 12.6. The lowest BCUT2D eigenvalue weighted by Gasteiger charge is -2.44. The number of fused-ring (bicyclic) bond motifs is 1. The van der Waals surface area contributed by atoms with Gasteiger partial charge in [-0.25, -0.2) is 0 Å². The lowest BCUT2D eigenvalue weighted by atomic mass is 9.98. The number of furan rings is 1. The van der Waals surface area contributed by atoms with Gasteiger partial charge in [0.2, 0.25) is 0 Å². The molecule has 1 unspecified atom stereocenters. The third-order valence-corrected chi connectivity index (χ3v) is 3.64. The SMILES string of the molecule is CCN1C(=O)c2ccccc2NC1(C)c1ccco1. The molecule has 1 amide bonds. The van der Waals surface area contributed by atoms with Crippen molar-refractivity contribution in [3.8, 4) is 0 Å². The van der Waals surface area contributed by atoms with E-state index in [0.717, 1.165) is 11.4 Å². The zero-order chi connectivity index (χ0) is 13.5. The summed E-state index contributed by atoms with van der Waals surface area (Å²) >= 11 is 0. The van der Waals surface area contributed by atoms with Crippen LogP contribution in [0.2, 0.25) is 0 Å². The maximum Gasteiger partial charge on any atom is 0.258 e. The third-order valence-electron chi connectivity index (χ3n) is 3.64. The summed E-state index contributed by atoms with van der Waals surface area (Å²) in [5.74, 6) is 0.757. The number of anilines is 1. The number of nitrogens with one attached hydrogen (secondary N) is 1. The van der Waals surface area contributed by atoms with Crippen molar-refractivity contribution in [2.45, 2.75) is 19.5 Å². The van der Waals surface area contributed by atoms with Gasteiger partial charge in [-0.1, -0.05) is 12.1 Å². The number of benzene rings is 1. The minimum Gasteiger partial charge on any atom is -0.465 e. The molecule has 19 heavy (non-hydrogen) atoms. The third kappa shape index (κ3) is 1.63. The minimum atomic E-state index is -0.649.